The zero-order valence-electron chi connectivity index (χ0n) is 18.9. The fraction of sp³-hybridized carbons (Fsp3) is 0.545. The Balaban J connectivity index is 2.76. The minimum absolute atomic E-state index is 0.0442. The quantitative estimate of drug-likeness (QED) is 0.450. The Morgan fingerprint density at radius 3 is 2.13 bits per heavy atom. The van der Waals surface area contributed by atoms with E-state index in [-0.39, 0.29) is 12.5 Å². The van der Waals surface area contributed by atoms with Crippen molar-refractivity contribution in [2.24, 2.45) is 5.92 Å². The number of carbonyl (C=O) groups is 4. The number of ether oxygens (including phenoxy) is 3. The molecule has 172 valence electrons. The van der Waals surface area contributed by atoms with E-state index in [4.69, 9.17) is 9.47 Å². The van der Waals surface area contributed by atoms with E-state index in [0.717, 1.165) is 12.7 Å². The normalized spacial score (nSPS) is 13.0. The van der Waals surface area contributed by atoms with Crippen LogP contribution in [0.1, 0.15) is 46.6 Å². The molecule has 2 unspecified atom stereocenters. The van der Waals surface area contributed by atoms with Crippen molar-refractivity contribution in [1.82, 2.24) is 10.6 Å². The molecule has 9 heteroatoms. The molecule has 1 aromatic carbocycles. The molecule has 1 rings (SSSR count). The van der Waals surface area contributed by atoms with E-state index in [1.54, 1.807) is 46.8 Å². The Morgan fingerprint density at radius 1 is 1.00 bits per heavy atom. The van der Waals surface area contributed by atoms with Crippen LogP contribution in [0.15, 0.2) is 30.3 Å². The van der Waals surface area contributed by atoms with Crippen LogP contribution in [-0.2, 0) is 35.2 Å². The first kappa shape index (κ1) is 25.9. The molecule has 0 aliphatic carbocycles. The number of hydrogen-bond donors (Lipinski definition) is 2. The number of amides is 2. The van der Waals surface area contributed by atoms with E-state index < -0.39 is 48.0 Å². The number of carbonyl (C=O) groups excluding carboxylic acids is 4. The second-order valence-electron chi connectivity index (χ2n) is 8.30. The van der Waals surface area contributed by atoms with Gasteiger partial charge in [0, 0.05) is 0 Å². The third-order valence-corrected chi connectivity index (χ3v) is 4.03. The van der Waals surface area contributed by atoms with E-state index in [0.29, 0.717) is 0 Å². The Hall–Kier alpha value is -3.10. The van der Waals surface area contributed by atoms with Gasteiger partial charge >= 0.3 is 18.0 Å². The number of methoxy groups -OCH3 is 1. The van der Waals surface area contributed by atoms with Crippen molar-refractivity contribution >= 4 is 23.9 Å². The lowest BCUT2D eigenvalue weighted by molar-refractivity contribution is -0.159. The van der Waals surface area contributed by atoms with Crippen LogP contribution in [0, 0.1) is 5.92 Å². The summed E-state index contributed by atoms with van der Waals surface area (Å²) in [5, 5.41) is 4.96. The summed E-state index contributed by atoms with van der Waals surface area (Å²) < 4.78 is 15.0. The van der Waals surface area contributed by atoms with Gasteiger partial charge in [0.1, 0.15) is 24.3 Å². The molecule has 0 fully saturated rings. The first-order chi connectivity index (χ1) is 14.4. The van der Waals surface area contributed by atoms with Crippen LogP contribution in [-0.4, -0.2) is 48.7 Å². The van der Waals surface area contributed by atoms with Gasteiger partial charge in [-0.05, 0) is 32.3 Å². The van der Waals surface area contributed by atoms with Crippen LogP contribution in [0.25, 0.3) is 0 Å². The summed E-state index contributed by atoms with van der Waals surface area (Å²) in [6.45, 7) is 8.57. The van der Waals surface area contributed by atoms with Gasteiger partial charge in [-0.1, -0.05) is 44.2 Å². The largest absolute Gasteiger partial charge is 0.467 e. The number of rotatable bonds is 9. The zero-order chi connectivity index (χ0) is 23.6. The lowest BCUT2D eigenvalue weighted by Crippen LogP contribution is -2.54. The number of esters is 2. The second kappa shape index (κ2) is 11.9. The van der Waals surface area contributed by atoms with Crippen molar-refractivity contribution in [3.8, 4) is 0 Å². The minimum Gasteiger partial charge on any atom is -0.467 e. The predicted molar refractivity (Wildman–Crippen MR) is 113 cm³/mol. The second-order valence-corrected chi connectivity index (χ2v) is 8.30. The molecule has 31 heavy (non-hydrogen) atoms. The van der Waals surface area contributed by atoms with E-state index in [1.165, 1.54) is 0 Å². The molecule has 0 heterocycles. The van der Waals surface area contributed by atoms with E-state index in [2.05, 4.69) is 15.4 Å². The van der Waals surface area contributed by atoms with Crippen molar-refractivity contribution in [1.29, 1.82) is 0 Å². The van der Waals surface area contributed by atoms with Crippen LogP contribution < -0.4 is 10.6 Å². The number of nitrogens with one attached hydrogen (secondary N) is 2. The molecular formula is C22H32N2O7. The first-order valence-corrected chi connectivity index (χ1v) is 10.00. The molecule has 2 amide bonds. The molecule has 9 nitrogen and oxygen atoms in total. The standard InChI is InChI=1S/C22H32N2O7/c1-14(2)18(24-21(28)30-13-15-10-8-7-9-11-15)19(26)23-16(20(27)29-6)12-17(25)31-22(3,4)5/h7-11,14,16,18H,12-13H2,1-6H3,(H,23,26)(H,24,28). The fourth-order valence-electron chi connectivity index (χ4n) is 2.57. The molecule has 2 atom stereocenters. The average molecular weight is 437 g/mol. The third kappa shape index (κ3) is 9.97. The van der Waals surface area contributed by atoms with Gasteiger partial charge in [-0.15, -0.1) is 0 Å². The van der Waals surface area contributed by atoms with Crippen molar-refractivity contribution in [3.63, 3.8) is 0 Å². The smallest absolute Gasteiger partial charge is 0.408 e. The Bertz CT molecular complexity index is 757. The van der Waals surface area contributed by atoms with E-state index >= 15 is 0 Å². The van der Waals surface area contributed by atoms with Crippen LogP contribution in [0.3, 0.4) is 0 Å². The van der Waals surface area contributed by atoms with Crippen molar-refractivity contribution < 1.29 is 33.4 Å². The Morgan fingerprint density at radius 2 is 1.61 bits per heavy atom. The van der Waals surface area contributed by atoms with Gasteiger partial charge in [-0.2, -0.15) is 0 Å². The van der Waals surface area contributed by atoms with Gasteiger partial charge in [0.05, 0.1) is 13.5 Å². The zero-order valence-corrected chi connectivity index (χ0v) is 18.9. The average Bonchev–Trinajstić information content (AvgIpc) is 2.68. The van der Waals surface area contributed by atoms with Gasteiger partial charge in [-0.25, -0.2) is 9.59 Å². The highest BCUT2D eigenvalue weighted by Gasteiger charge is 2.32. The molecule has 0 bridgehead atoms. The maximum absolute atomic E-state index is 12.8. The molecule has 0 saturated carbocycles. The van der Waals surface area contributed by atoms with Crippen LogP contribution in [0.2, 0.25) is 0 Å². The minimum atomic E-state index is -1.25. The monoisotopic (exact) mass is 436 g/mol. The molecular weight excluding hydrogens is 404 g/mol. The highest BCUT2D eigenvalue weighted by atomic mass is 16.6. The van der Waals surface area contributed by atoms with Crippen LogP contribution in [0.5, 0.6) is 0 Å². The topological polar surface area (TPSA) is 120 Å². The van der Waals surface area contributed by atoms with Gasteiger partial charge in [0.2, 0.25) is 5.91 Å². The van der Waals surface area contributed by atoms with Crippen LogP contribution in [0.4, 0.5) is 4.79 Å². The van der Waals surface area contributed by atoms with E-state index in [1.807, 2.05) is 18.2 Å². The molecule has 0 radical (unpaired) electrons. The summed E-state index contributed by atoms with van der Waals surface area (Å²) in [5.41, 5.74) is 0.0538. The Kier molecular flexibility index (Phi) is 9.98. The maximum atomic E-state index is 12.8. The van der Waals surface area contributed by atoms with E-state index in [9.17, 15) is 19.2 Å². The molecule has 0 spiro atoms. The maximum Gasteiger partial charge on any atom is 0.408 e. The summed E-state index contributed by atoms with van der Waals surface area (Å²) in [4.78, 5) is 49.1. The highest BCUT2D eigenvalue weighted by molar-refractivity contribution is 5.91. The summed E-state index contributed by atoms with van der Waals surface area (Å²) >= 11 is 0. The summed E-state index contributed by atoms with van der Waals surface area (Å²) in [6, 6.07) is 6.84. The molecule has 0 aromatic heterocycles. The molecule has 0 aliphatic rings. The molecule has 2 N–H and O–H groups in total. The van der Waals surface area contributed by atoms with Crippen LogP contribution >= 0.6 is 0 Å². The summed E-state index contributed by atoms with van der Waals surface area (Å²) in [7, 11) is 1.15. The van der Waals surface area contributed by atoms with Crippen molar-refractivity contribution in [2.75, 3.05) is 7.11 Å². The molecule has 1 aromatic rings. The Labute approximate surface area is 182 Å². The number of benzene rings is 1. The van der Waals surface area contributed by atoms with Gasteiger partial charge < -0.3 is 24.8 Å². The van der Waals surface area contributed by atoms with Gasteiger partial charge in [0.15, 0.2) is 0 Å². The van der Waals surface area contributed by atoms with Gasteiger partial charge in [-0.3, -0.25) is 9.59 Å². The number of hydrogen-bond acceptors (Lipinski definition) is 7. The van der Waals surface area contributed by atoms with Gasteiger partial charge in [0.25, 0.3) is 0 Å². The highest BCUT2D eigenvalue weighted by Crippen LogP contribution is 2.11. The summed E-state index contributed by atoms with van der Waals surface area (Å²) in [5.74, 6) is -2.43. The van der Waals surface area contributed by atoms with Crippen molar-refractivity contribution in [2.45, 2.75) is 65.3 Å². The summed E-state index contributed by atoms with van der Waals surface area (Å²) in [6.07, 6.45) is -1.18. The SMILES string of the molecule is COC(=O)C(CC(=O)OC(C)(C)C)NC(=O)C(NC(=O)OCc1ccccc1)C(C)C. The van der Waals surface area contributed by atoms with Crippen molar-refractivity contribution in [3.05, 3.63) is 35.9 Å². The molecule has 0 aliphatic heterocycles. The lowest BCUT2D eigenvalue weighted by atomic mass is 10.0. The fourth-order valence-corrected chi connectivity index (χ4v) is 2.57. The lowest BCUT2D eigenvalue weighted by Gasteiger charge is -2.25. The first-order valence-electron chi connectivity index (χ1n) is 10.00. The molecule has 0 saturated heterocycles. The number of alkyl carbamates (subject to hydrolysis) is 1. The predicted octanol–water partition coefficient (Wildman–Crippen LogP) is 2.33. The third-order valence-electron chi connectivity index (χ3n) is 4.03.